The number of alkyl halides is 3. The van der Waals surface area contributed by atoms with Crippen molar-refractivity contribution in [3.8, 4) is 0 Å². The van der Waals surface area contributed by atoms with E-state index in [4.69, 9.17) is 5.41 Å². The van der Waals surface area contributed by atoms with Crippen LogP contribution < -0.4 is 0 Å². The van der Waals surface area contributed by atoms with E-state index in [2.05, 4.69) is 0 Å². The summed E-state index contributed by atoms with van der Waals surface area (Å²) in [4.78, 5) is 13.0. The third-order valence-electron chi connectivity index (χ3n) is 5.31. The fourth-order valence-corrected chi connectivity index (χ4v) is 4.10. The highest BCUT2D eigenvalue weighted by molar-refractivity contribution is 6.16. The van der Waals surface area contributed by atoms with Crippen molar-refractivity contribution >= 4 is 17.6 Å². The number of nitrogens with one attached hydrogen (secondary N) is 1. The Labute approximate surface area is 153 Å². The second kappa shape index (κ2) is 6.15. The second-order valence-electron chi connectivity index (χ2n) is 6.93. The number of carbonyl (C=O) groups excluding carboxylic acids is 1. The fraction of sp³-hybridized carbons (Fsp3) is 0.238. The lowest BCUT2D eigenvalue weighted by atomic mass is 9.83. The molecule has 0 aliphatic heterocycles. The van der Waals surface area contributed by atoms with Gasteiger partial charge in [-0.1, -0.05) is 42.5 Å². The summed E-state index contributed by atoms with van der Waals surface area (Å²) in [6.45, 7) is 0. The molecule has 2 nitrogen and oxygen atoms in total. The van der Waals surface area contributed by atoms with Gasteiger partial charge in [-0.15, -0.1) is 0 Å². The van der Waals surface area contributed by atoms with Gasteiger partial charge in [0.15, 0.2) is 0 Å². The number of ketones is 1. The van der Waals surface area contributed by atoms with E-state index in [0.717, 1.165) is 12.1 Å². The number of benzene rings is 2. The van der Waals surface area contributed by atoms with Crippen LogP contribution in [0.25, 0.3) is 6.08 Å². The average molecular weight is 373 g/mol. The Morgan fingerprint density at radius 2 is 1.78 bits per heavy atom. The molecule has 0 aromatic heterocycles. The molecular formula is C21H15F4NO. The monoisotopic (exact) mass is 373 g/mol. The van der Waals surface area contributed by atoms with Crippen LogP contribution in [0.15, 0.2) is 54.4 Å². The maximum absolute atomic E-state index is 14.6. The molecule has 2 aliphatic carbocycles. The van der Waals surface area contributed by atoms with Crippen LogP contribution in [-0.4, -0.2) is 11.5 Å². The molecule has 1 N–H and O–H groups in total. The predicted octanol–water partition coefficient (Wildman–Crippen LogP) is 5.51. The molecule has 138 valence electrons. The average Bonchev–Trinajstić information content (AvgIpc) is 3.09. The molecule has 2 aliphatic rings. The van der Waals surface area contributed by atoms with Gasteiger partial charge in [0.25, 0.3) is 0 Å². The third-order valence-corrected chi connectivity index (χ3v) is 5.31. The minimum Gasteiger partial charge on any atom is -0.309 e. The van der Waals surface area contributed by atoms with Gasteiger partial charge in [0.1, 0.15) is 11.6 Å². The first-order valence-corrected chi connectivity index (χ1v) is 8.51. The van der Waals surface area contributed by atoms with Crippen molar-refractivity contribution in [1.29, 1.82) is 5.41 Å². The number of Topliss-reactive ketones (excluding diaryl/α,β-unsaturated/α-hetero) is 1. The van der Waals surface area contributed by atoms with E-state index in [9.17, 15) is 22.4 Å². The van der Waals surface area contributed by atoms with Crippen LogP contribution in [0, 0.1) is 11.3 Å². The van der Waals surface area contributed by atoms with Gasteiger partial charge < -0.3 is 5.41 Å². The largest absolute Gasteiger partial charge is 0.416 e. The summed E-state index contributed by atoms with van der Waals surface area (Å²) in [6.07, 6.45) is -3.10. The van der Waals surface area contributed by atoms with Crippen molar-refractivity contribution in [2.45, 2.75) is 24.4 Å². The van der Waals surface area contributed by atoms with E-state index in [0.29, 0.717) is 11.1 Å². The smallest absolute Gasteiger partial charge is 0.309 e. The highest BCUT2D eigenvalue weighted by Crippen LogP contribution is 2.48. The molecule has 0 spiro atoms. The van der Waals surface area contributed by atoms with Crippen LogP contribution in [0.4, 0.5) is 17.6 Å². The first kappa shape index (κ1) is 17.6. The number of hydrogen-bond acceptors (Lipinski definition) is 2. The van der Waals surface area contributed by atoms with Crippen molar-refractivity contribution in [2.24, 2.45) is 5.92 Å². The van der Waals surface area contributed by atoms with Gasteiger partial charge >= 0.3 is 6.18 Å². The molecule has 3 unspecified atom stereocenters. The molecule has 0 amide bonds. The van der Waals surface area contributed by atoms with E-state index >= 15 is 0 Å². The minimum atomic E-state index is -4.53. The maximum Gasteiger partial charge on any atom is 0.416 e. The molecule has 2 aromatic carbocycles. The quantitative estimate of drug-likeness (QED) is 0.694. The van der Waals surface area contributed by atoms with Gasteiger partial charge in [-0.05, 0) is 35.3 Å². The number of allylic oxidation sites excluding steroid dienone is 1. The van der Waals surface area contributed by atoms with Crippen molar-refractivity contribution < 1.29 is 22.4 Å². The minimum absolute atomic E-state index is 0.0292. The predicted molar refractivity (Wildman–Crippen MR) is 93.3 cm³/mol. The van der Waals surface area contributed by atoms with Crippen LogP contribution in [0.2, 0.25) is 0 Å². The van der Waals surface area contributed by atoms with Gasteiger partial charge in [0, 0.05) is 17.5 Å². The Bertz CT molecular complexity index is 976. The number of hydrogen-bond donors (Lipinski definition) is 1. The van der Waals surface area contributed by atoms with Crippen LogP contribution in [-0.2, 0) is 11.0 Å². The van der Waals surface area contributed by atoms with E-state index < -0.39 is 41.1 Å². The molecule has 2 aromatic rings. The van der Waals surface area contributed by atoms with E-state index in [1.54, 1.807) is 24.3 Å². The molecule has 27 heavy (non-hydrogen) atoms. The highest BCUT2D eigenvalue weighted by atomic mass is 19.4. The molecule has 0 heterocycles. The fourth-order valence-electron chi connectivity index (χ4n) is 4.10. The van der Waals surface area contributed by atoms with Gasteiger partial charge in [-0.3, -0.25) is 4.79 Å². The lowest BCUT2D eigenvalue weighted by Gasteiger charge is -2.19. The zero-order valence-electron chi connectivity index (χ0n) is 14.1. The van der Waals surface area contributed by atoms with Crippen molar-refractivity contribution in [2.75, 3.05) is 0 Å². The van der Waals surface area contributed by atoms with Crippen molar-refractivity contribution in [3.05, 3.63) is 76.6 Å². The van der Waals surface area contributed by atoms with Crippen molar-refractivity contribution in [3.63, 3.8) is 0 Å². The zero-order valence-corrected chi connectivity index (χ0v) is 14.1. The summed E-state index contributed by atoms with van der Waals surface area (Å²) in [5.74, 6) is -3.45. The first-order valence-electron chi connectivity index (χ1n) is 8.51. The number of halogens is 4. The molecule has 0 bridgehead atoms. The Balaban J connectivity index is 1.69. The van der Waals surface area contributed by atoms with Crippen LogP contribution in [0.3, 0.4) is 0 Å². The molecule has 4 rings (SSSR count). The topological polar surface area (TPSA) is 40.9 Å². The van der Waals surface area contributed by atoms with Gasteiger partial charge in [-0.2, -0.15) is 13.2 Å². The first-order chi connectivity index (χ1) is 12.8. The van der Waals surface area contributed by atoms with Gasteiger partial charge in [-0.25, -0.2) is 4.39 Å². The number of fused-ring (bicyclic) bond motifs is 1. The summed E-state index contributed by atoms with van der Waals surface area (Å²) in [6, 6.07) is 11.5. The lowest BCUT2D eigenvalue weighted by Crippen LogP contribution is -2.20. The van der Waals surface area contributed by atoms with Gasteiger partial charge in [0.2, 0.25) is 0 Å². The summed E-state index contributed by atoms with van der Waals surface area (Å²) in [5, 5.41) is 8.20. The molecule has 0 radical (unpaired) electrons. The molecule has 3 atom stereocenters. The van der Waals surface area contributed by atoms with Crippen LogP contribution in [0.1, 0.15) is 40.5 Å². The SMILES string of the molecule is N=C1CC(C2C(F)=Cc3ccccc32)C(=O)C1c1cccc(C(F)(F)F)c1. The summed E-state index contributed by atoms with van der Waals surface area (Å²) < 4.78 is 53.5. The van der Waals surface area contributed by atoms with E-state index in [1.165, 1.54) is 18.2 Å². The maximum atomic E-state index is 14.6. The normalized spacial score (nSPS) is 24.9. The van der Waals surface area contributed by atoms with E-state index in [-0.39, 0.29) is 17.7 Å². The molecule has 6 heteroatoms. The Morgan fingerprint density at radius 3 is 2.52 bits per heavy atom. The van der Waals surface area contributed by atoms with Gasteiger partial charge in [0.05, 0.1) is 11.5 Å². The molecule has 1 saturated carbocycles. The number of carbonyl (C=O) groups is 1. The Kier molecular flexibility index (Phi) is 4.02. The third kappa shape index (κ3) is 2.89. The molecule has 0 saturated heterocycles. The Hall–Kier alpha value is -2.76. The second-order valence-corrected chi connectivity index (χ2v) is 6.93. The lowest BCUT2D eigenvalue weighted by molar-refractivity contribution is -0.137. The molecular weight excluding hydrogens is 358 g/mol. The Morgan fingerprint density at radius 1 is 1.04 bits per heavy atom. The summed E-state index contributed by atoms with van der Waals surface area (Å²) in [7, 11) is 0. The summed E-state index contributed by atoms with van der Waals surface area (Å²) in [5.41, 5.74) is 0.688. The zero-order chi connectivity index (χ0) is 19.3. The van der Waals surface area contributed by atoms with E-state index in [1.807, 2.05) is 0 Å². The number of rotatable bonds is 2. The highest BCUT2D eigenvalue weighted by Gasteiger charge is 2.47. The van der Waals surface area contributed by atoms with Crippen LogP contribution in [0.5, 0.6) is 0 Å². The molecule has 1 fully saturated rings. The standard InChI is InChI=1S/C21H15F4NO/c22-16-9-11-4-1-2-7-14(11)19(16)15-10-17(26)18(20(15)27)12-5-3-6-13(8-12)21(23,24)25/h1-9,15,18-19,26H,10H2. The van der Waals surface area contributed by atoms with Crippen molar-refractivity contribution in [1.82, 2.24) is 0 Å². The summed E-state index contributed by atoms with van der Waals surface area (Å²) >= 11 is 0. The van der Waals surface area contributed by atoms with Crippen LogP contribution >= 0.6 is 0 Å².